The van der Waals surface area contributed by atoms with Crippen molar-refractivity contribution in [1.82, 2.24) is 5.32 Å². The van der Waals surface area contributed by atoms with E-state index in [1.165, 1.54) is 22.3 Å². The third-order valence-electron chi connectivity index (χ3n) is 3.63. The maximum atomic E-state index is 5.30. The van der Waals surface area contributed by atoms with E-state index in [4.69, 9.17) is 4.74 Å². The Bertz CT molecular complexity index is 577. The zero-order valence-electron chi connectivity index (χ0n) is 10.7. The van der Waals surface area contributed by atoms with E-state index in [2.05, 4.69) is 42.6 Å². The molecule has 2 nitrogen and oxygen atoms in total. The molecule has 2 heteroatoms. The molecule has 0 aliphatic carbocycles. The molecule has 1 aliphatic rings. The van der Waals surface area contributed by atoms with Gasteiger partial charge in [-0.05, 0) is 41.3 Å². The van der Waals surface area contributed by atoms with Crippen LogP contribution >= 0.6 is 0 Å². The largest absolute Gasteiger partial charge is 0.497 e. The summed E-state index contributed by atoms with van der Waals surface area (Å²) in [5.41, 5.74) is 5.45. The zero-order valence-corrected chi connectivity index (χ0v) is 10.7. The average Bonchev–Trinajstić information content (AvgIpc) is 2.84. The molecule has 1 atom stereocenters. The predicted molar refractivity (Wildman–Crippen MR) is 72.9 cm³/mol. The molecule has 2 aromatic carbocycles. The highest BCUT2D eigenvalue weighted by molar-refractivity contribution is 5.46. The lowest BCUT2D eigenvalue weighted by molar-refractivity contribution is 0.414. The molecule has 1 heterocycles. The second-order valence-corrected chi connectivity index (χ2v) is 4.74. The number of nitrogens with one attached hydrogen (secondary N) is 1. The van der Waals surface area contributed by atoms with Crippen molar-refractivity contribution in [3.05, 3.63) is 64.7 Å². The summed E-state index contributed by atoms with van der Waals surface area (Å²) in [6.07, 6.45) is 0. The van der Waals surface area contributed by atoms with Crippen LogP contribution in [0.25, 0.3) is 0 Å². The van der Waals surface area contributed by atoms with Gasteiger partial charge in [0, 0.05) is 6.54 Å². The molecule has 0 amide bonds. The molecule has 0 fully saturated rings. The Labute approximate surface area is 108 Å². The SMILES string of the molecule is COc1cccc(C2NCc3cccc(C)c32)c1. The molecule has 18 heavy (non-hydrogen) atoms. The lowest BCUT2D eigenvalue weighted by Gasteiger charge is -2.15. The summed E-state index contributed by atoms with van der Waals surface area (Å²) >= 11 is 0. The molecule has 0 saturated heterocycles. The molecule has 0 aromatic heterocycles. The van der Waals surface area contributed by atoms with E-state index < -0.39 is 0 Å². The summed E-state index contributed by atoms with van der Waals surface area (Å²) < 4.78 is 5.30. The zero-order chi connectivity index (χ0) is 12.5. The van der Waals surface area contributed by atoms with Crippen LogP contribution in [0.5, 0.6) is 5.75 Å². The van der Waals surface area contributed by atoms with E-state index in [1.54, 1.807) is 7.11 Å². The predicted octanol–water partition coefficient (Wildman–Crippen LogP) is 3.20. The van der Waals surface area contributed by atoms with E-state index in [9.17, 15) is 0 Å². The maximum absolute atomic E-state index is 5.30. The monoisotopic (exact) mass is 239 g/mol. The Morgan fingerprint density at radius 1 is 1.17 bits per heavy atom. The topological polar surface area (TPSA) is 21.3 Å². The summed E-state index contributed by atoms with van der Waals surface area (Å²) in [5.74, 6) is 0.913. The molecule has 0 bridgehead atoms. The molecular formula is C16H17NO. The third kappa shape index (κ3) is 1.79. The van der Waals surface area contributed by atoms with Crippen LogP contribution < -0.4 is 10.1 Å². The molecule has 1 N–H and O–H groups in total. The van der Waals surface area contributed by atoms with Crippen molar-refractivity contribution in [2.45, 2.75) is 19.5 Å². The molecule has 92 valence electrons. The smallest absolute Gasteiger partial charge is 0.119 e. The molecule has 0 saturated carbocycles. The van der Waals surface area contributed by atoms with Crippen LogP contribution in [0.4, 0.5) is 0 Å². The van der Waals surface area contributed by atoms with Crippen molar-refractivity contribution >= 4 is 0 Å². The highest BCUT2D eigenvalue weighted by Crippen LogP contribution is 2.34. The van der Waals surface area contributed by atoms with Gasteiger partial charge in [0.2, 0.25) is 0 Å². The number of aryl methyl sites for hydroxylation is 1. The molecule has 2 aromatic rings. The fourth-order valence-electron chi connectivity index (χ4n) is 2.73. The summed E-state index contributed by atoms with van der Waals surface area (Å²) in [4.78, 5) is 0. The van der Waals surface area contributed by atoms with Crippen LogP contribution in [0.2, 0.25) is 0 Å². The minimum Gasteiger partial charge on any atom is -0.497 e. The summed E-state index contributed by atoms with van der Waals surface area (Å²) in [6.45, 7) is 3.12. The van der Waals surface area contributed by atoms with Gasteiger partial charge in [-0.15, -0.1) is 0 Å². The Morgan fingerprint density at radius 2 is 2.00 bits per heavy atom. The number of ether oxygens (including phenoxy) is 1. The molecular weight excluding hydrogens is 222 g/mol. The van der Waals surface area contributed by atoms with Crippen molar-refractivity contribution < 1.29 is 4.74 Å². The number of rotatable bonds is 2. The van der Waals surface area contributed by atoms with Crippen LogP contribution in [0.3, 0.4) is 0 Å². The van der Waals surface area contributed by atoms with E-state index in [0.29, 0.717) is 0 Å². The number of methoxy groups -OCH3 is 1. The quantitative estimate of drug-likeness (QED) is 0.869. The fraction of sp³-hybridized carbons (Fsp3) is 0.250. The summed E-state index contributed by atoms with van der Waals surface area (Å²) in [5, 5.41) is 3.57. The summed E-state index contributed by atoms with van der Waals surface area (Å²) in [6, 6.07) is 15.1. The Hall–Kier alpha value is -1.80. The Morgan fingerprint density at radius 3 is 2.83 bits per heavy atom. The first-order chi connectivity index (χ1) is 8.79. The van der Waals surface area contributed by atoms with Gasteiger partial charge in [-0.2, -0.15) is 0 Å². The van der Waals surface area contributed by atoms with Crippen molar-refractivity contribution in [2.75, 3.05) is 7.11 Å². The number of hydrogen-bond acceptors (Lipinski definition) is 2. The van der Waals surface area contributed by atoms with Gasteiger partial charge in [-0.1, -0.05) is 30.3 Å². The van der Waals surface area contributed by atoms with Crippen molar-refractivity contribution in [2.24, 2.45) is 0 Å². The average molecular weight is 239 g/mol. The van der Waals surface area contributed by atoms with Crippen molar-refractivity contribution in [3.63, 3.8) is 0 Å². The van der Waals surface area contributed by atoms with Crippen LogP contribution in [0, 0.1) is 6.92 Å². The molecule has 1 aliphatic heterocycles. The van der Waals surface area contributed by atoms with Gasteiger partial charge < -0.3 is 10.1 Å². The molecule has 0 radical (unpaired) electrons. The van der Waals surface area contributed by atoms with Gasteiger partial charge in [0.25, 0.3) is 0 Å². The van der Waals surface area contributed by atoms with Gasteiger partial charge in [-0.25, -0.2) is 0 Å². The van der Waals surface area contributed by atoms with Crippen molar-refractivity contribution in [1.29, 1.82) is 0 Å². The normalized spacial score (nSPS) is 17.6. The summed E-state index contributed by atoms with van der Waals surface area (Å²) in [7, 11) is 1.71. The lowest BCUT2D eigenvalue weighted by atomic mass is 9.94. The minimum atomic E-state index is 0.288. The van der Waals surface area contributed by atoms with Gasteiger partial charge in [0.15, 0.2) is 0 Å². The van der Waals surface area contributed by atoms with Crippen LogP contribution in [0.15, 0.2) is 42.5 Å². The second kappa shape index (κ2) is 4.46. The Kier molecular flexibility index (Phi) is 2.80. The maximum Gasteiger partial charge on any atom is 0.119 e. The number of fused-ring (bicyclic) bond motifs is 1. The highest BCUT2D eigenvalue weighted by atomic mass is 16.5. The minimum absolute atomic E-state index is 0.288. The van der Waals surface area contributed by atoms with Gasteiger partial charge in [0.1, 0.15) is 5.75 Å². The second-order valence-electron chi connectivity index (χ2n) is 4.74. The van der Waals surface area contributed by atoms with Crippen LogP contribution in [0.1, 0.15) is 28.3 Å². The number of benzene rings is 2. The van der Waals surface area contributed by atoms with Crippen LogP contribution in [-0.4, -0.2) is 7.11 Å². The molecule has 0 spiro atoms. The first kappa shape index (κ1) is 11.3. The third-order valence-corrected chi connectivity index (χ3v) is 3.63. The van der Waals surface area contributed by atoms with Crippen LogP contribution in [-0.2, 0) is 6.54 Å². The standard InChI is InChI=1S/C16H17NO/c1-11-5-3-7-13-10-17-16(15(11)13)12-6-4-8-14(9-12)18-2/h3-9,16-17H,10H2,1-2H3. The fourth-order valence-corrected chi connectivity index (χ4v) is 2.73. The highest BCUT2D eigenvalue weighted by Gasteiger charge is 2.24. The first-order valence-electron chi connectivity index (χ1n) is 6.25. The van der Waals surface area contributed by atoms with Crippen molar-refractivity contribution in [3.8, 4) is 5.75 Å². The van der Waals surface area contributed by atoms with Gasteiger partial charge >= 0.3 is 0 Å². The molecule has 1 unspecified atom stereocenters. The lowest BCUT2D eigenvalue weighted by Crippen LogP contribution is -2.13. The van der Waals surface area contributed by atoms with Gasteiger partial charge in [0.05, 0.1) is 13.2 Å². The van der Waals surface area contributed by atoms with E-state index in [-0.39, 0.29) is 6.04 Å². The van der Waals surface area contributed by atoms with E-state index in [1.807, 2.05) is 12.1 Å². The van der Waals surface area contributed by atoms with E-state index >= 15 is 0 Å². The molecule has 3 rings (SSSR count). The first-order valence-corrected chi connectivity index (χ1v) is 6.25. The Balaban J connectivity index is 2.05. The number of hydrogen-bond donors (Lipinski definition) is 1. The van der Waals surface area contributed by atoms with E-state index in [0.717, 1.165) is 12.3 Å². The van der Waals surface area contributed by atoms with Gasteiger partial charge in [-0.3, -0.25) is 0 Å².